The molecule has 0 radical (unpaired) electrons. The summed E-state index contributed by atoms with van der Waals surface area (Å²) in [6.07, 6.45) is 5.53. The van der Waals surface area contributed by atoms with Gasteiger partial charge in [-0.05, 0) is 38.5 Å². The van der Waals surface area contributed by atoms with E-state index in [0.29, 0.717) is 6.42 Å². The topological polar surface area (TPSA) is 57.5 Å². The fourth-order valence-corrected chi connectivity index (χ4v) is 2.29. The van der Waals surface area contributed by atoms with Gasteiger partial charge in [-0.1, -0.05) is 42.5 Å². The van der Waals surface area contributed by atoms with Gasteiger partial charge in [-0.25, -0.2) is 4.79 Å². The number of aromatic nitrogens is 1. The predicted octanol–water partition coefficient (Wildman–Crippen LogP) is 4.46. The molecule has 2 rings (SSSR count). The lowest BCUT2D eigenvalue weighted by Gasteiger charge is -2.20. The van der Waals surface area contributed by atoms with Crippen LogP contribution in [-0.4, -0.2) is 28.8 Å². The zero-order valence-corrected chi connectivity index (χ0v) is 15.5. The lowest BCUT2D eigenvalue weighted by atomic mass is 10.2. The van der Waals surface area contributed by atoms with Crippen molar-refractivity contribution in [2.45, 2.75) is 39.2 Å². The Balaban J connectivity index is 1.78. The quantitative estimate of drug-likeness (QED) is 0.718. The molecule has 0 bridgehead atoms. The van der Waals surface area contributed by atoms with E-state index in [4.69, 9.17) is 9.47 Å². The minimum atomic E-state index is -0.559. The average molecular weight is 355 g/mol. The Morgan fingerprint density at radius 3 is 2.50 bits per heavy atom. The monoisotopic (exact) mass is 355 g/mol. The fraction of sp³-hybridized carbons (Fsp3) is 0.333. The van der Waals surface area contributed by atoms with Gasteiger partial charge in [0.05, 0.1) is 13.0 Å². The molecule has 0 atom stereocenters. The number of nitrogens with zero attached hydrogens (tertiary/aromatic N) is 1. The second-order valence-electron chi connectivity index (χ2n) is 6.84. The lowest BCUT2D eigenvalue weighted by Crippen LogP contribution is -2.27. The summed E-state index contributed by atoms with van der Waals surface area (Å²) in [6, 6.07) is 13.3. The van der Waals surface area contributed by atoms with Gasteiger partial charge < -0.3 is 9.47 Å². The summed E-state index contributed by atoms with van der Waals surface area (Å²) in [7, 11) is 0. The van der Waals surface area contributed by atoms with Gasteiger partial charge in [0.2, 0.25) is 0 Å². The third-order valence-corrected chi connectivity index (χ3v) is 3.44. The number of rotatable bonds is 6. The molecule has 1 aromatic heterocycles. The molecular formula is C21H25NO4. The number of ether oxygens (including phenoxy) is 2. The normalized spacial score (nSPS) is 11.5. The van der Waals surface area contributed by atoms with E-state index in [9.17, 15) is 9.59 Å². The predicted molar refractivity (Wildman–Crippen MR) is 101 cm³/mol. The summed E-state index contributed by atoms with van der Waals surface area (Å²) in [4.78, 5) is 23.9. The van der Waals surface area contributed by atoms with Gasteiger partial charge in [-0.3, -0.25) is 9.36 Å². The first-order valence-corrected chi connectivity index (χ1v) is 8.62. The van der Waals surface area contributed by atoms with Crippen LogP contribution in [0.1, 0.15) is 38.4 Å². The van der Waals surface area contributed by atoms with Crippen LogP contribution < -0.4 is 0 Å². The molecule has 0 aliphatic carbocycles. The van der Waals surface area contributed by atoms with E-state index in [1.54, 1.807) is 18.3 Å². The molecule has 0 fully saturated rings. The minimum Gasteiger partial charge on any atom is -0.465 e. The van der Waals surface area contributed by atoms with E-state index in [1.165, 1.54) is 4.57 Å². The van der Waals surface area contributed by atoms with Crippen molar-refractivity contribution < 1.29 is 19.1 Å². The van der Waals surface area contributed by atoms with Crippen molar-refractivity contribution in [2.75, 3.05) is 6.61 Å². The number of carbonyl (C=O) groups excluding carboxylic acids is 2. The van der Waals surface area contributed by atoms with Crippen molar-refractivity contribution in [3.8, 4) is 0 Å². The molecular weight excluding hydrogens is 330 g/mol. The third kappa shape index (κ3) is 6.59. The summed E-state index contributed by atoms with van der Waals surface area (Å²) in [5.74, 6) is -0.299. The number of hydrogen-bond donors (Lipinski definition) is 0. The Labute approximate surface area is 154 Å². The van der Waals surface area contributed by atoms with Crippen LogP contribution in [0.4, 0.5) is 4.79 Å². The van der Waals surface area contributed by atoms with E-state index in [0.717, 1.165) is 11.3 Å². The number of esters is 1. The Morgan fingerprint density at radius 1 is 1.08 bits per heavy atom. The molecule has 0 N–H and O–H groups in total. The standard InChI is InChI=1S/C21H25NO4/c1-21(2,3)26-20(24)22-15-8-12-18(22)14-16-25-19(23)13-7-11-17-9-5-4-6-10-17/h4-12,15H,13-14,16H2,1-3H3/b11-7+. The van der Waals surface area contributed by atoms with Gasteiger partial charge in [0.1, 0.15) is 5.60 Å². The van der Waals surface area contributed by atoms with Crippen LogP contribution in [0, 0.1) is 0 Å². The first-order valence-electron chi connectivity index (χ1n) is 8.62. The Kier molecular flexibility index (Phi) is 6.78. The Bertz CT molecular complexity index is 754. The number of hydrogen-bond acceptors (Lipinski definition) is 4. The zero-order chi connectivity index (χ0) is 19.0. The average Bonchev–Trinajstić information content (AvgIpc) is 3.03. The summed E-state index contributed by atoms with van der Waals surface area (Å²) in [5, 5.41) is 0. The fourth-order valence-electron chi connectivity index (χ4n) is 2.29. The zero-order valence-electron chi connectivity index (χ0n) is 15.5. The van der Waals surface area contributed by atoms with Gasteiger partial charge in [0, 0.05) is 18.3 Å². The largest absolute Gasteiger partial charge is 0.465 e. The summed E-state index contributed by atoms with van der Waals surface area (Å²) < 4.78 is 12.0. The number of carbonyl (C=O) groups is 2. The highest BCUT2D eigenvalue weighted by atomic mass is 16.6. The van der Waals surface area contributed by atoms with Crippen LogP contribution in [0.3, 0.4) is 0 Å². The molecule has 0 saturated heterocycles. The van der Waals surface area contributed by atoms with Crippen molar-refractivity contribution >= 4 is 18.1 Å². The second kappa shape index (κ2) is 9.04. The summed E-state index contributed by atoms with van der Waals surface area (Å²) in [6.45, 7) is 5.67. The van der Waals surface area contributed by atoms with Crippen molar-refractivity contribution in [3.63, 3.8) is 0 Å². The van der Waals surface area contributed by atoms with Gasteiger partial charge in [0.15, 0.2) is 0 Å². The highest BCUT2D eigenvalue weighted by Crippen LogP contribution is 2.12. The molecule has 0 aliphatic heterocycles. The highest BCUT2D eigenvalue weighted by molar-refractivity contribution is 5.73. The smallest absolute Gasteiger partial charge is 0.418 e. The lowest BCUT2D eigenvalue weighted by molar-refractivity contribution is -0.142. The van der Waals surface area contributed by atoms with E-state index >= 15 is 0 Å². The van der Waals surface area contributed by atoms with E-state index < -0.39 is 11.7 Å². The molecule has 0 amide bonds. The van der Waals surface area contributed by atoms with Crippen LogP contribution in [0.25, 0.3) is 6.08 Å². The molecule has 1 heterocycles. The summed E-state index contributed by atoms with van der Waals surface area (Å²) in [5.41, 5.74) is 1.22. The molecule has 0 spiro atoms. The van der Waals surface area contributed by atoms with E-state index in [2.05, 4.69) is 0 Å². The maximum Gasteiger partial charge on any atom is 0.418 e. The first kappa shape index (κ1) is 19.5. The van der Waals surface area contributed by atoms with Crippen LogP contribution in [-0.2, 0) is 20.7 Å². The van der Waals surface area contributed by atoms with Gasteiger partial charge in [-0.15, -0.1) is 0 Å². The SMILES string of the molecule is CC(C)(C)OC(=O)n1cccc1CCOC(=O)C/C=C/c1ccccc1. The van der Waals surface area contributed by atoms with Gasteiger partial charge in [-0.2, -0.15) is 0 Å². The minimum absolute atomic E-state index is 0.210. The molecule has 138 valence electrons. The molecule has 2 aromatic rings. The Morgan fingerprint density at radius 2 is 1.81 bits per heavy atom. The van der Waals surface area contributed by atoms with Crippen LogP contribution in [0.15, 0.2) is 54.7 Å². The Hall–Kier alpha value is -2.82. The maximum absolute atomic E-state index is 12.1. The highest BCUT2D eigenvalue weighted by Gasteiger charge is 2.19. The van der Waals surface area contributed by atoms with Crippen LogP contribution in [0.5, 0.6) is 0 Å². The molecule has 0 unspecified atom stereocenters. The van der Waals surface area contributed by atoms with Crippen LogP contribution in [0.2, 0.25) is 0 Å². The molecule has 5 heteroatoms. The van der Waals surface area contributed by atoms with Crippen molar-refractivity contribution in [2.24, 2.45) is 0 Å². The van der Waals surface area contributed by atoms with Gasteiger partial charge in [0.25, 0.3) is 0 Å². The second-order valence-corrected chi connectivity index (χ2v) is 6.84. The molecule has 26 heavy (non-hydrogen) atoms. The summed E-state index contributed by atoms with van der Waals surface area (Å²) >= 11 is 0. The molecule has 0 aliphatic rings. The molecule has 0 saturated carbocycles. The first-order chi connectivity index (χ1) is 12.3. The van der Waals surface area contributed by atoms with Crippen LogP contribution >= 0.6 is 0 Å². The van der Waals surface area contributed by atoms with Gasteiger partial charge >= 0.3 is 12.1 Å². The van der Waals surface area contributed by atoms with Crippen molar-refractivity contribution in [1.82, 2.24) is 4.57 Å². The molecule has 5 nitrogen and oxygen atoms in total. The maximum atomic E-state index is 12.1. The third-order valence-electron chi connectivity index (χ3n) is 3.44. The van der Waals surface area contributed by atoms with Crippen molar-refractivity contribution in [3.05, 3.63) is 66.0 Å². The van der Waals surface area contributed by atoms with E-state index in [1.807, 2.05) is 63.2 Å². The number of benzene rings is 1. The van der Waals surface area contributed by atoms with Crippen molar-refractivity contribution in [1.29, 1.82) is 0 Å². The van der Waals surface area contributed by atoms with E-state index in [-0.39, 0.29) is 19.0 Å². The molecule has 1 aromatic carbocycles.